The molecule has 0 bridgehead atoms. The van der Waals surface area contributed by atoms with Crippen LogP contribution in [-0.2, 0) is 4.74 Å². The number of hydrogen-bond donors (Lipinski definition) is 1. The third-order valence-corrected chi connectivity index (χ3v) is 1.65. The first-order valence-electron chi connectivity index (χ1n) is 3.62. The highest BCUT2D eigenvalue weighted by molar-refractivity contribution is 6.32. The van der Waals surface area contributed by atoms with Crippen molar-refractivity contribution in [3.8, 4) is 0 Å². The summed E-state index contributed by atoms with van der Waals surface area (Å²) < 4.78 is 4.71. The topological polar surface area (TPSA) is 46.5 Å². The lowest BCUT2D eigenvalue weighted by atomic mass is 10.4. The minimum Gasteiger partial charge on any atom is -0.461 e. The Morgan fingerprint density at radius 3 is 3.00 bits per heavy atom. The van der Waals surface area contributed by atoms with Crippen LogP contribution in [0.4, 0.5) is 5.69 Å². The van der Waals surface area contributed by atoms with Crippen LogP contribution in [0.15, 0.2) is 6.07 Å². The van der Waals surface area contributed by atoms with Gasteiger partial charge in [-0.25, -0.2) is 9.64 Å². The lowest BCUT2D eigenvalue weighted by Crippen LogP contribution is -2.04. The van der Waals surface area contributed by atoms with Gasteiger partial charge in [-0.3, -0.25) is 0 Å². The van der Waals surface area contributed by atoms with E-state index >= 15 is 0 Å². The van der Waals surface area contributed by atoms with Crippen molar-refractivity contribution in [2.75, 3.05) is 6.61 Å². The summed E-state index contributed by atoms with van der Waals surface area (Å²) in [5.41, 5.74) is 0.433. The van der Waals surface area contributed by atoms with E-state index in [4.69, 9.17) is 22.9 Å². The van der Waals surface area contributed by atoms with E-state index in [-0.39, 0.29) is 16.5 Å². The molecule has 0 amide bonds. The zero-order chi connectivity index (χ0) is 9.84. The number of carbonyl (C=O) groups is 1. The zero-order valence-corrected chi connectivity index (χ0v) is 7.68. The normalized spacial score (nSPS) is 9.31. The number of aromatic nitrogens is 1. The Labute approximate surface area is 80.3 Å². The zero-order valence-electron chi connectivity index (χ0n) is 6.93. The van der Waals surface area contributed by atoms with Crippen LogP contribution in [0.2, 0.25) is 5.15 Å². The summed E-state index contributed by atoms with van der Waals surface area (Å²) in [5, 5.41) is 0.165. The van der Waals surface area contributed by atoms with Gasteiger partial charge in [-0.1, -0.05) is 11.6 Å². The molecule has 68 valence electrons. The van der Waals surface area contributed by atoms with Gasteiger partial charge in [0.1, 0.15) is 10.8 Å². The molecular weight excluding hydrogens is 192 g/mol. The second-order valence-corrected chi connectivity index (χ2v) is 2.59. The molecule has 4 nitrogen and oxygen atoms in total. The lowest BCUT2D eigenvalue weighted by molar-refractivity contribution is 0.0520. The van der Waals surface area contributed by atoms with E-state index in [2.05, 4.69) is 9.83 Å². The van der Waals surface area contributed by atoms with E-state index in [1.54, 1.807) is 6.92 Å². The average molecular weight is 199 g/mol. The highest BCUT2D eigenvalue weighted by atomic mass is 35.5. The summed E-state index contributed by atoms with van der Waals surface area (Å²) >= 11 is 5.61. The molecule has 0 aromatic carbocycles. The number of halogens is 1. The van der Waals surface area contributed by atoms with Gasteiger partial charge < -0.3 is 9.72 Å². The minimum absolute atomic E-state index is 0.165. The molecule has 0 atom stereocenters. The summed E-state index contributed by atoms with van der Waals surface area (Å²) in [7, 11) is 0. The van der Waals surface area contributed by atoms with Gasteiger partial charge in [0, 0.05) is 0 Å². The van der Waals surface area contributed by atoms with E-state index in [9.17, 15) is 4.79 Å². The van der Waals surface area contributed by atoms with Gasteiger partial charge >= 0.3 is 5.97 Å². The molecule has 0 aliphatic rings. The highest BCUT2D eigenvalue weighted by Gasteiger charge is 2.12. The number of nitrogens with one attached hydrogen (secondary N) is 1. The van der Waals surface area contributed by atoms with Crippen molar-refractivity contribution >= 4 is 23.3 Å². The fourth-order valence-electron chi connectivity index (χ4n) is 0.819. The summed E-state index contributed by atoms with van der Waals surface area (Å²) in [4.78, 5) is 16.8. The fourth-order valence-corrected chi connectivity index (χ4v) is 1.02. The number of esters is 1. The van der Waals surface area contributed by atoms with Crippen molar-refractivity contribution in [1.29, 1.82) is 0 Å². The Morgan fingerprint density at radius 1 is 1.85 bits per heavy atom. The van der Waals surface area contributed by atoms with Crippen LogP contribution < -0.4 is 0 Å². The number of H-pyrrole nitrogens is 1. The molecule has 1 N–H and O–H groups in total. The summed E-state index contributed by atoms with van der Waals surface area (Å²) in [6.45, 7) is 8.71. The molecular formula is C8H7ClN2O2. The predicted octanol–water partition coefficient (Wildman–Crippen LogP) is 2.40. The van der Waals surface area contributed by atoms with E-state index in [0.717, 1.165) is 0 Å². The molecule has 1 heterocycles. The molecule has 0 radical (unpaired) electrons. The molecule has 0 fully saturated rings. The van der Waals surface area contributed by atoms with Crippen molar-refractivity contribution in [1.82, 2.24) is 4.98 Å². The fraction of sp³-hybridized carbons (Fsp3) is 0.250. The first kappa shape index (κ1) is 9.62. The number of carbonyl (C=O) groups excluding carboxylic acids is 1. The Balaban J connectivity index is 2.92. The SMILES string of the molecule is [C-]#[N+]c1cc(C(=O)OCC)[nH]c1Cl. The smallest absolute Gasteiger partial charge is 0.353 e. The van der Waals surface area contributed by atoms with Crippen molar-refractivity contribution < 1.29 is 9.53 Å². The first-order chi connectivity index (χ1) is 6.19. The molecule has 0 spiro atoms. The largest absolute Gasteiger partial charge is 0.461 e. The van der Waals surface area contributed by atoms with Crippen LogP contribution in [0.25, 0.3) is 4.85 Å². The lowest BCUT2D eigenvalue weighted by Gasteiger charge is -1.96. The Bertz CT molecular complexity index is 365. The first-order valence-corrected chi connectivity index (χ1v) is 4.00. The average Bonchev–Trinajstić information content (AvgIpc) is 2.47. The monoisotopic (exact) mass is 198 g/mol. The molecule has 1 aromatic rings. The van der Waals surface area contributed by atoms with Gasteiger partial charge in [0.15, 0.2) is 0 Å². The maximum Gasteiger partial charge on any atom is 0.353 e. The van der Waals surface area contributed by atoms with E-state index < -0.39 is 5.97 Å². The third-order valence-electron chi connectivity index (χ3n) is 1.37. The number of nitrogens with zero attached hydrogens (tertiary/aromatic N) is 1. The molecule has 5 heteroatoms. The van der Waals surface area contributed by atoms with Crippen molar-refractivity contribution in [3.63, 3.8) is 0 Å². The highest BCUT2D eigenvalue weighted by Crippen LogP contribution is 2.25. The predicted molar refractivity (Wildman–Crippen MR) is 48.0 cm³/mol. The second-order valence-electron chi connectivity index (χ2n) is 2.21. The minimum atomic E-state index is -0.501. The maximum absolute atomic E-state index is 11.1. The second kappa shape index (κ2) is 3.97. The molecule has 0 saturated heterocycles. The number of rotatable bonds is 2. The Kier molecular flexibility index (Phi) is 2.93. The van der Waals surface area contributed by atoms with Gasteiger partial charge in [0.05, 0.1) is 13.2 Å². The summed E-state index contributed by atoms with van der Waals surface area (Å²) in [6.07, 6.45) is 0. The Hall–Kier alpha value is -1.47. The van der Waals surface area contributed by atoms with Crippen molar-refractivity contribution in [2.24, 2.45) is 0 Å². The van der Waals surface area contributed by atoms with Crippen LogP contribution in [-0.4, -0.2) is 17.6 Å². The molecule has 1 aromatic heterocycles. The number of ether oxygens (including phenoxy) is 1. The standard InChI is InChI=1S/C8H7ClN2O2/c1-3-13-8(12)6-4-5(10-2)7(9)11-6/h4,11H,3H2,1H3. The van der Waals surface area contributed by atoms with Gasteiger partial charge in [0.25, 0.3) is 0 Å². The molecule has 0 aliphatic carbocycles. The maximum atomic E-state index is 11.1. The van der Waals surface area contributed by atoms with Gasteiger partial charge in [-0.2, -0.15) is 0 Å². The molecule has 0 aliphatic heterocycles. The number of hydrogen-bond acceptors (Lipinski definition) is 2. The summed E-state index contributed by atoms with van der Waals surface area (Å²) in [5.74, 6) is -0.501. The third kappa shape index (κ3) is 2.01. The molecule has 13 heavy (non-hydrogen) atoms. The van der Waals surface area contributed by atoms with Crippen LogP contribution in [0.5, 0.6) is 0 Å². The van der Waals surface area contributed by atoms with Crippen LogP contribution >= 0.6 is 11.6 Å². The van der Waals surface area contributed by atoms with E-state index in [1.165, 1.54) is 6.07 Å². The van der Waals surface area contributed by atoms with E-state index in [0.29, 0.717) is 6.61 Å². The summed E-state index contributed by atoms with van der Waals surface area (Å²) in [6, 6.07) is 1.37. The van der Waals surface area contributed by atoms with Gasteiger partial charge in [-0.15, -0.1) is 0 Å². The van der Waals surface area contributed by atoms with E-state index in [1.807, 2.05) is 0 Å². The van der Waals surface area contributed by atoms with Gasteiger partial charge in [-0.05, 0) is 13.0 Å². The van der Waals surface area contributed by atoms with Gasteiger partial charge in [0.2, 0.25) is 5.69 Å². The quantitative estimate of drug-likeness (QED) is 0.586. The molecule has 0 unspecified atom stereocenters. The van der Waals surface area contributed by atoms with Crippen LogP contribution in [0, 0.1) is 6.57 Å². The van der Waals surface area contributed by atoms with Crippen LogP contribution in [0.3, 0.4) is 0 Å². The van der Waals surface area contributed by atoms with Crippen LogP contribution in [0.1, 0.15) is 17.4 Å². The molecule has 1 rings (SSSR count). The van der Waals surface area contributed by atoms with Crippen molar-refractivity contribution in [3.05, 3.63) is 28.3 Å². The number of aromatic amines is 1. The Morgan fingerprint density at radius 2 is 2.54 bits per heavy atom. The van der Waals surface area contributed by atoms with Crippen molar-refractivity contribution in [2.45, 2.75) is 6.92 Å². The molecule has 0 saturated carbocycles.